The van der Waals surface area contributed by atoms with Crippen LogP contribution in [0.2, 0.25) is 0 Å². The highest BCUT2D eigenvalue weighted by Gasteiger charge is 2.21. The molecule has 0 saturated heterocycles. The van der Waals surface area contributed by atoms with E-state index in [2.05, 4.69) is 284 Å². The fraction of sp³-hybridized carbons (Fsp3) is 0.0123. The molecule has 17 aromatic rings. The van der Waals surface area contributed by atoms with Gasteiger partial charge in [-0.15, -0.1) is 0 Å². The Morgan fingerprint density at radius 3 is 1.27 bits per heavy atom. The number of Topliss-reactive ketones (excluding diaryl/α,β-unsaturated/α-hetero) is 1. The molecule has 0 aliphatic rings. The SMILES string of the molecule is Brc1ccc2nc(-c3ccccc3)c(-c3ccccc3)n2c1.Nc1ccc(Br)cn1.O=C(c1ccccc1)C(Br)c1ccccc1.c1ccc(-c2nc3ccc(-n4c5ccccc5c5ccccc54)cn3c2-c2ccccc2)cc1.c1ccc2c(c1)[nH]c1ccccc12. The summed E-state index contributed by atoms with van der Waals surface area (Å²) in [5.41, 5.74) is 23.6. The van der Waals surface area contributed by atoms with Crippen molar-refractivity contribution < 1.29 is 4.79 Å². The van der Waals surface area contributed by atoms with Crippen LogP contribution >= 0.6 is 47.8 Å². The van der Waals surface area contributed by atoms with E-state index in [4.69, 9.17) is 15.7 Å². The summed E-state index contributed by atoms with van der Waals surface area (Å²) >= 11 is 10.2. The molecule has 93 heavy (non-hydrogen) atoms. The van der Waals surface area contributed by atoms with E-state index < -0.39 is 0 Å². The molecular weight excluding hydrogens is 1340 g/mol. The molecule has 0 saturated carbocycles. The summed E-state index contributed by atoms with van der Waals surface area (Å²) in [4.78, 5) is 28.9. The largest absolute Gasteiger partial charge is 0.384 e. The summed E-state index contributed by atoms with van der Waals surface area (Å²) in [6.45, 7) is 0. The minimum absolute atomic E-state index is 0.0896. The number of benzene rings is 10. The standard InChI is InChI=1S/C31H21N3.C19H13BrN2.C14H11BrO.C12H9N.C5H5BrN2/c1-3-11-22(12-4-1)30-31(23-13-5-2-6-14-23)33-21-24(19-20-29(33)32-30)34-27-17-9-7-15-25(27)26-16-8-10-18-28(26)34;20-16-11-12-17-21-18(14-7-3-1-4-8-14)19(22(17)13-16)15-9-5-2-6-10-15;15-13(11-7-3-1-4-8-11)14(16)12-9-5-2-6-10-12;1-3-7-11-9(5-1)10-6-2-4-8-12(10)13-11;6-4-1-2-5(7)8-3-4/h1-21H;1-13H;1-10,13H;1-8,13H;1-3H,(H2,7,8). The Hall–Kier alpha value is -10.8. The third-order valence-electron chi connectivity index (χ3n) is 15.8. The predicted octanol–water partition coefficient (Wildman–Crippen LogP) is 21.9. The monoisotopic (exact) mass is 1400 g/mol. The zero-order chi connectivity index (χ0) is 63.5. The van der Waals surface area contributed by atoms with Gasteiger partial charge < -0.3 is 15.3 Å². The predicted molar refractivity (Wildman–Crippen MR) is 395 cm³/mol. The second-order valence-corrected chi connectivity index (χ2v) is 24.5. The molecule has 17 rings (SSSR count). The number of aromatic nitrogens is 7. The van der Waals surface area contributed by atoms with Gasteiger partial charge in [-0.25, -0.2) is 15.0 Å². The number of para-hydroxylation sites is 4. The number of hydrogen-bond acceptors (Lipinski definition) is 5. The molecule has 0 aliphatic carbocycles. The lowest BCUT2D eigenvalue weighted by Crippen LogP contribution is -2.06. The summed E-state index contributed by atoms with van der Waals surface area (Å²) in [6, 6.07) is 107. The summed E-state index contributed by atoms with van der Waals surface area (Å²) in [7, 11) is 0. The molecule has 1 atom stereocenters. The van der Waals surface area contributed by atoms with Crippen LogP contribution in [0.1, 0.15) is 20.7 Å². The number of anilines is 1. The smallest absolute Gasteiger partial charge is 0.180 e. The molecule has 1 unspecified atom stereocenters. The molecule has 3 N–H and O–H groups in total. The van der Waals surface area contributed by atoms with E-state index in [1.165, 1.54) is 43.6 Å². The van der Waals surface area contributed by atoms with Gasteiger partial charge in [-0.3, -0.25) is 13.6 Å². The molecule has 0 bridgehead atoms. The third kappa shape index (κ3) is 13.7. The van der Waals surface area contributed by atoms with E-state index in [1.54, 1.807) is 12.3 Å². The van der Waals surface area contributed by atoms with Gasteiger partial charge in [0.1, 0.15) is 21.9 Å². The zero-order valence-electron chi connectivity index (χ0n) is 50.1. The van der Waals surface area contributed by atoms with Gasteiger partial charge in [0.05, 0.1) is 39.5 Å². The van der Waals surface area contributed by atoms with Gasteiger partial charge >= 0.3 is 0 Å². The summed E-state index contributed by atoms with van der Waals surface area (Å²) in [6.07, 6.45) is 5.95. The number of nitrogens with one attached hydrogen (secondary N) is 1. The average Bonchev–Trinajstić information content (AvgIpc) is 1.62. The minimum atomic E-state index is -0.268. The highest BCUT2D eigenvalue weighted by molar-refractivity contribution is 9.10. The molecule has 12 heteroatoms. The van der Waals surface area contributed by atoms with E-state index in [0.29, 0.717) is 5.82 Å². The molecule has 0 aliphatic heterocycles. The minimum Gasteiger partial charge on any atom is -0.384 e. The number of hydrogen-bond donors (Lipinski definition) is 2. The number of nitrogen functional groups attached to an aromatic ring is 1. The number of ketones is 1. The first-order valence-corrected chi connectivity index (χ1v) is 32.7. The van der Waals surface area contributed by atoms with Gasteiger partial charge in [0, 0.05) is 87.9 Å². The topological polar surface area (TPSA) is 111 Å². The number of nitrogens with two attached hydrogens (primary N) is 1. The maximum atomic E-state index is 12.1. The van der Waals surface area contributed by atoms with Crippen LogP contribution in [0.3, 0.4) is 0 Å². The molecule has 450 valence electrons. The first kappa shape index (κ1) is 61.1. The van der Waals surface area contributed by atoms with Gasteiger partial charge in [-0.2, -0.15) is 0 Å². The number of carbonyl (C=O) groups is 1. The molecule has 9 nitrogen and oxygen atoms in total. The van der Waals surface area contributed by atoms with Crippen molar-refractivity contribution in [3.8, 4) is 50.7 Å². The van der Waals surface area contributed by atoms with Gasteiger partial charge in [0.25, 0.3) is 0 Å². The number of H-pyrrole nitrogens is 1. The van der Waals surface area contributed by atoms with Crippen molar-refractivity contribution in [3.63, 3.8) is 0 Å². The van der Waals surface area contributed by atoms with E-state index in [-0.39, 0.29) is 10.6 Å². The number of nitrogens with zero attached hydrogens (tertiary/aromatic N) is 6. The van der Waals surface area contributed by atoms with Crippen molar-refractivity contribution >= 4 is 114 Å². The van der Waals surface area contributed by atoms with Crippen LogP contribution in [0.5, 0.6) is 0 Å². The van der Waals surface area contributed by atoms with E-state index in [1.807, 2.05) is 109 Å². The third-order valence-corrected chi connectivity index (χ3v) is 17.6. The Bertz CT molecular complexity index is 5210. The zero-order valence-corrected chi connectivity index (χ0v) is 54.9. The molecule has 10 aromatic carbocycles. The fourth-order valence-electron chi connectivity index (χ4n) is 11.4. The summed E-state index contributed by atoms with van der Waals surface area (Å²) in [5, 5.41) is 5.13. The summed E-state index contributed by atoms with van der Waals surface area (Å²) in [5.74, 6) is 0.639. The van der Waals surface area contributed by atoms with Crippen LogP contribution in [0.4, 0.5) is 5.82 Å². The van der Waals surface area contributed by atoms with Crippen molar-refractivity contribution in [2.75, 3.05) is 5.73 Å². The first-order valence-electron chi connectivity index (χ1n) is 30.2. The lowest BCUT2D eigenvalue weighted by Gasteiger charge is -2.10. The highest BCUT2D eigenvalue weighted by Crippen LogP contribution is 2.37. The van der Waals surface area contributed by atoms with Crippen molar-refractivity contribution in [2.45, 2.75) is 4.83 Å². The number of imidazole rings is 2. The number of carbonyl (C=O) groups excluding carboxylic acids is 1. The van der Waals surface area contributed by atoms with E-state index in [9.17, 15) is 4.79 Å². The Balaban J connectivity index is 0.000000115. The van der Waals surface area contributed by atoms with Gasteiger partial charge in [-0.05, 0) is 98.1 Å². The van der Waals surface area contributed by atoms with Crippen LogP contribution in [-0.4, -0.2) is 39.1 Å². The van der Waals surface area contributed by atoms with Gasteiger partial charge in [0.15, 0.2) is 5.78 Å². The molecule has 0 radical (unpaired) electrons. The normalized spacial score (nSPS) is 11.2. The van der Waals surface area contributed by atoms with Crippen LogP contribution in [0.15, 0.2) is 343 Å². The van der Waals surface area contributed by atoms with Crippen LogP contribution in [-0.2, 0) is 0 Å². The van der Waals surface area contributed by atoms with Crippen molar-refractivity contribution in [2.24, 2.45) is 0 Å². The quantitative estimate of drug-likeness (QED) is 0.116. The highest BCUT2D eigenvalue weighted by atomic mass is 79.9. The Morgan fingerprint density at radius 2 is 0.796 bits per heavy atom. The molecular formula is C81H59Br3N8O. The molecule has 0 fully saturated rings. The average molecular weight is 1400 g/mol. The van der Waals surface area contributed by atoms with Crippen molar-refractivity contribution in [1.82, 2.24) is 33.3 Å². The van der Waals surface area contributed by atoms with E-state index in [0.717, 1.165) is 82.1 Å². The van der Waals surface area contributed by atoms with Crippen LogP contribution in [0.25, 0.3) is 106 Å². The lowest BCUT2D eigenvalue weighted by atomic mass is 10.0. The number of aromatic amines is 1. The number of alkyl halides is 1. The van der Waals surface area contributed by atoms with Crippen LogP contribution < -0.4 is 5.73 Å². The number of pyridine rings is 3. The van der Waals surface area contributed by atoms with Crippen molar-refractivity contribution in [1.29, 1.82) is 0 Å². The first-order chi connectivity index (χ1) is 45.7. The maximum absolute atomic E-state index is 12.1. The van der Waals surface area contributed by atoms with Gasteiger partial charge in [0.2, 0.25) is 0 Å². The fourth-order valence-corrected chi connectivity index (χ4v) is 12.6. The number of fused-ring (bicyclic) bond motifs is 8. The van der Waals surface area contributed by atoms with Gasteiger partial charge in [-0.1, -0.05) is 271 Å². The number of halogens is 3. The Labute approximate surface area is 563 Å². The molecule has 0 amide bonds. The second-order valence-electron chi connectivity index (χ2n) is 21.8. The van der Waals surface area contributed by atoms with Crippen molar-refractivity contribution in [3.05, 3.63) is 354 Å². The Kier molecular flexibility index (Phi) is 18.8. The molecule has 7 aromatic heterocycles. The molecule has 0 spiro atoms. The lowest BCUT2D eigenvalue weighted by molar-refractivity contribution is 0.0991. The number of rotatable bonds is 8. The van der Waals surface area contributed by atoms with E-state index >= 15 is 0 Å². The Morgan fingerprint density at radius 1 is 0.398 bits per heavy atom. The second kappa shape index (κ2) is 28.6. The summed E-state index contributed by atoms with van der Waals surface area (Å²) < 4.78 is 8.71. The maximum Gasteiger partial charge on any atom is 0.180 e. The molecule has 7 heterocycles. The van der Waals surface area contributed by atoms with Crippen LogP contribution in [0, 0.1) is 0 Å².